The first-order valence-corrected chi connectivity index (χ1v) is 6.06. The number of carboxylic acids is 1. The number of carbonyl (C=O) groups excluding carboxylic acids is 1. The number of anilines is 1. The Labute approximate surface area is 108 Å². The van der Waals surface area contributed by atoms with Gasteiger partial charge in [-0.1, -0.05) is 6.08 Å². The lowest BCUT2D eigenvalue weighted by Gasteiger charge is -2.20. The molecule has 3 N–H and O–H groups in total. The van der Waals surface area contributed by atoms with Crippen molar-refractivity contribution in [1.82, 2.24) is 4.90 Å². The molecule has 0 aliphatic rings. The molecule has 6 nitrogen and oxygen atoms in total. The van der Waals surface area contributed by atoms with Crippen molar-refractivity contribution in [3.05, 3.63) is 29.7 Å². The Morgan fingerprint density at radius 3 is 2.83 bits per heavy atom. The summed E-state index contributed by atoms with van der Waals surface area (Å²) in [7, 11) is 0. The molecule has 0 spiro atoms. The molecule has 2 amide bonds. The molecule has 0 atom stereocenters. The van der Waals surface area contributed by atoms with Gasteiger partial charge >= 0.3 is 12.0 Å². The first kappa shape index (κ1) is 14.2. The molecule has 0 fully saturated rings. The van der Waals surface area contributed by atoms with Gasteiger partial charge in [0, 0.05) is 13.1 Å². The fourth-order valence-corrected chi connectivity index (χ4v) is 2.07. The summed E-state index contributed by atoms with van der Waals surface area (Å²) < 4.78 is 0. The number of nitrogens with zero attached hydrogens (tertiary/aromatic N) is 1. The number of aromatic carboxylic acids is 1. The van der Waals surface area contributed by atoms with Crippen molar-refractivity contribution in [2.45, 2.75) is 0 Å². The van der Waals surface area contributed by atoms with E-state index in [1.165, 1.54) is 17.0 Å². The van der Waals surface area contributed by atoms with Crippen LogP contribution in [0.1, 0.15) is 10.4 Å². The van der Waals surface area contributed by atoms with Gasteiger partial charge in [0.2, 0.25) is 0 Å². The Kier molecular flexibility index (Phi) is 5.34. The van der Waals surface area contributed by atoms with Crippen LogP contribution in [0.15, 0.2) is 24.1 Å². The second-order valence-corrected chi connectivity index (χ2v) is 4.27. The molecule has 7 heteroatoms. The van der Waals surface area contributed by atoms with Crippen LogP contribution >= 0.6 is 11.3 Å². The van der Waals surface area contributed by atoms with E-state index in [0.29, 0.717) is 0 Å². The molecule has 1 rings (SSSR count). The third-order valence-corrected chi connectivity index (χ3v) is 2.95. The maximum absolute atomic E-state index is 11.8. The number of carbonyl (C=O) groups is 2. The van der Waals surface area contributed by atoms with Crippen LogP contribution in [-0.2, 0) is 0 Å². The summed E-state index contributed by atoms with van der Waals surface area (Å²) in [6.45, 7) is 3.78. The third kappa shape index (κ3) is 3.57. The maximum Gasteiger partial charge on any atom is 0.338 e. The smallest absolute Gasteiger partial charge is 0.338 e. The van der Waals surface area contributed by atoms with Gasteiger partial charge < -0.3 is 15.1 Å². The molecule has 1 aromatic heterocycles. The van der Waals surface area contributed by atoms with Gasteiger partial charge in [0.1, 0.15) is 5.00 Å². The van der Waals surface area contributed by atoms with Crippen LogP contribution in [0.3, 0.4) is 0 Å². The van der Waals surface area contributed by atoms with E-state index in [-0.39, 0.29) is 30.3 Å². The number of thiophene rings is 1. The molecule has 0 aliphatic heterocycles. The number of amides is 2. The minimum Gasteiger partial charge on any atom is -0.478 e. The number of hydrogen-bond acceptors (Lipinski definition) is 4. The summed E-state index contributed by atoms with van der Waals surface area (Å²) in [5.74, 6) is -1.09. The topological polar surface area (TPSA) is 89.9 Å². The normalized spacial score (nSPS) is 9.83. The molecule has 1 heterocycles. The minimum atomic E-state index is -1.09. The summed E-state index contributed by atoms with van der Waals surface area (Å²) in [5, 5.41) is 22.1. The van der Waals surface area contributed by atoms with Crippen molar-refractivity contribution in [2.75, 3.05) is 25.0 Å². The molecule has 0 radical (unpaired) electrons. The van der Waals surface area contributed by atoms with Crippen molar-refractivity contribution in [2.24, 2.45) is 0 Å². The van der Waals surface area contributed by atoms with Gasteiger partial charge in [0.05, 0.1) is 12.2 Å². The van der Waals surface area contributed by atoms with Crippen molar-refractivity contribution < 1.29 is 19.8 Å². The van der Waals surface area contributed by atoms with E-state index < -0.39 is 12.0 Å². The summed E-state index contributed by atoms with van der Waals surface area (Å²) in [5.41, 5.74) is 0.0518. The lowest BCUT2D eigenvalue weighted by Crippen LogP contribution is -2.37. The summed E-state index contributed by atoms with van der Waals surface area (Å²) in [6, 6.07) is 0.959. The number of rotatable bonds is 6. The van der Waals surface area contributed by atoms with E-state index in [1.54, 1.807) is 5.38 Å². The largest absolute Gasteiger partial charge is 0.478 e. The number of aliphatic hydroxyl groups is 1. The highest BCUT2D eigenvalue weighted by molar-refractivity contribution is 7.14. The van der Waals surface area contributed by atoms with Gasteiger partial charge in [-0.25, -0.2) is 9.59 Å². The molecule has 0 saturated carbocycles. The lowest BCUT2D eigenvalue weighted by atomic mass is 10.3. The standard InChI is InChI=1S/C11H14N2O4S/c1-2-4-13(5-6-14)11(17)12-9-8(10(15)16)3-7-18-9/h2-3,7,14H,1,4-6H2,(H,12,17)(H,15,16). The number of hydrogen-bond donors (Lipinski definition) is 3. The number of urea groups is 1. The fraction of sp³-hybridized carbons (Fsp3) is 0.273. The molecule has 1 aromatic rings. The van der Waals surface area contributed by atoms with Crippen LogP contribution in [-0.4, -0.2) is 46.8 Å². The highest BCUT2D eigenvalue weighted by Crippen LogP contribution is 2.23. The van der Waals surface area contributed by atoms with Crippen LogP contribution < -0.4 is 5.32 Å². The van der Waals surface area contributed by atoms with Crippen LogP contribution in [0.2, 0.25) is 0 Å². The van der Waals surface area contributed by atoms with Crippen LogP contribution in [0.25, 0.3) is 0 Å². The Bertz CT molecular complexity index is 444. The zero-order valence-corrected chi connectivity index (χ0v) is 10.4. The predicted octanol–water partition coefficient (Wildman–Crippen LogP) is 1.46. The van der Waals surface area contributed by atoms with Crippen molar-refractivity contribution >= 4 is 28.3 Å². The average Bonchev–Trinajstić information content (AvgIpc) is 2.77. The fourth-order valence-electron chi connectivity index (χ4n) is 1.30. The zero-order valence-electron chi connectivity index (χ0n) is 9.63. The SMILES string of the molecule is C=CCN(CCO)C(=O)Nc1sccc1C(=O)O. The molecule has 18 heavy (non-hydrogen) atoms. The van der Waals surface area contributed by atoms with E-state index in [2.05, 4.69) is 11.9 Å². The lowest BCUT2D eigenvalue weighted by molar-refractivity contribution is 0.0698. The number of nitrogens with one attached hydrogen (secondary N) is 1. The van der Waals surface area contributed by atoms with E-state index in [1.807, 2.05) is 0 Å². The second kappa shape index (κ2) is 6.77. The maximum atomic E-state index is 11.8. The Hall–Kier alpha value is -1.86. The van der Waals surface area contributed by atoms with Gasteiger partial charge in [0.15, 0.2) is 0 Å². The van der Waals surface area contributed by atoms with Crippen molar-refractivity contribution in [1.29, 1.82) is 0 Å². The van der Waals surface area contributed by atoms with Gasteiger partial charge in [-0.3, -0.25) is 5.32 Å². The Morgan fingerprint density at radius 2 is 2.28 bits per heavy atom. The average molecular weight is 270 g/mol. The molecule has 98 valence electrons. The van der Waals surface area contributed by atoms with Crippen molar-refractivity contribution in [3.63, 3.8) is 0 Å². The van der Waals surface area contributed by atoms with Gasteiger partial charge in [0.25, 0.3) is 0 Å². The van der Waals surface area contributed by atoms with Gasteiger partial charge in [-0.15, -0.1) is 17.9 Å². The predicted molar refractivity (Wildman–Crippen MR) is 69.2 cm³/mol. The van der Waals surface area contributed by atoms with E-state index in [9.17, 15) is 9.59 Å². The summed E-state index contributed by atoms with van der Waals surface area (Å²) in [4.78, 5) is 24.0. The quantitative estimate of drug-likeness (QED) is 0.683. The van der Waals surface area contributed by atoms with E-state index in [0.717, 1.165) is 11.3 Å². The monoisotopic (exact) mass is 270 g/mol. The first-order chi connectivity index (χ1) is 8.60. The van der Waals surface area contributed by atoms with Crippen LogP contribution in [0.5, 0.6) is 0 Å². The Morgan fingerprint density at radius 1 is 1.56 bits per heavy atom. The summed E-state index contributed by atoms with van der Waals surface area (Å²) in [6.07, 6.45) is 1.53. The third-order valence-electron chi connectivity index (χ3n) is 2.12. The molecule has 0 aromatic carbocycles. The minimum absolute atomic E-state index is 0.0518. The van der Waals surface area contributed by atoms with Gasteiger partial charge in [-0.05, 0) is 11.4 Å². The zero-order chi connectivity index (χ0) is 13.5. The number of carboxylic acid groups (broad SMARTS) is 1. The molecular weight excluding hydrogens is 256 g/mol. The van der Waals surface area contributed by atoms with Crippen LogP contribution in [0.4, 0.5) is 9.80 Å². The Balaban J connectivity index is 2.75. The molecule has 0 aliphatic carbocycles. The van der Waals surface area contributed by atoms with Gasteiger partial charge in [-0.2, -0.15) is 0 Å². The van der Waals surface area contributed by atoms with Crippen molar-refractivity contribution in [3.8, 4) is 0 Å². The van der Waals surface area contributed by atoms with E-state index >= 15 is 0 Å². The summed E-state index contributed by atoms with van der Waals surface area (Å²) >= 11 is 1.13. The molecular formula is C11H14N2O4S. The highest BCUT2D eigenvalue weighted by Gasteiger charge is 2.17. The molecule has 0 unspecified atom stereocenters. The highest BCUT2D eigenvalue weighted by atomic mass is 32.1. The second-order valence-electron chi connectivity index (χ2n) is 3.36. The van der Waals surface area contributed by atoms with Crippen LogP contribution in [0, 0.1) is 0 Å². The molecule has 0 bridgehead atoms. The number of aliphatic hydroxyl groups excluding tert-OH is 1. The molecule has 0 saturated heterocycles. The van der Waals surface area contributed by atoms with E-state index in [4.69, 9.17) is 10.2 Å². The first-order valence-electron chi connectivity index (χ1n) is 5.18.